The van der Waals surface area contributed by atoms with Crippen LogP contribution in [0.5, 0.6) is 11.5 Å². The third kappa shape index (κ3) is 4.61. The molecule has 0 amide bonds. The highest BCUT2D eigenvalue weighted by atomic mass is 79.9. The first kappa shape index (κ1) is 19.1. The number of aromatic nitrogens is 1. The Morgan fingerprint density at radius 1 is 1.30 bits per heavy atom. The van der Waals surface area contributed by atoms with E-state index in [0.29, 0.717) is 5.25 Å². The third-order valence-corrected chi connectivity index (χ3v) is 6.84. The maximum absolute atomic E-state index is 6.23. The Morgan fingerprint density at radius 2 is 2.15 bits per heavy atom. The monoisotopic (exact) mass is 448 g/mol. The fourth-order valence-corrected chi connectivity index (χ4v) is 5.20. The van der Waals surface area contributed by atoms with Gasteiger partial charge in [-0.15, -0.1) is 0 Å². The molecule has 2 aromatic rings. The molecule has 2 atom stereocenters. The molecule has 3 heterocycles. The molecule has 0 aliphatic carbocycles. The highest BCUT2D eigenvalue weighted by Crippen LogP contribution is 2.44. The van der Waals surface area contributed by atoms with Crippen LogP contribution >= 0.6 is 27.7 Å². The summed E-state index contributed by atoms with van der Waals surface area (Å²) >= 11 is 5.44. The van der Waals surface area contributed by atoms with Gasteiger partial charge in [-0.2, -0.15) is 0 Å². The first-order chi connectivity index (χ1) is 13.2. The van der Waals surface area contributed by atoms with E-state index in [2.05, 4.69) is 50.9 Å². The van der Waals surface area contributed by atoms with E-state index in [1.165, 1.54) is 25.9 Å². The van der Waals surface area contributed by atoms with Gasteiger partial charge in [0.1, 0.15) is 16.9 Å². The van der Waals surface area contributed by atoms with E-state index in [0.717, 1.165) is 46.1 Å². The number of likely N-dealkylation sites (tertiary alicyclic amines) is 1. The van der Waals surface area contributed by atoms with E-state index in [9.17, 15) is 0 Å². The smallest absolute Gasteiger partial charge is 0.152 e. The molecule has 4 rings (SSSR count). The number of hydrogen-bond donors (Lipinski definition) is 0. The molecule has 1 fully saturated rings. The number of halogens is 1. The van der Waals surface area contributed by atoms with E-state index in [4.69, 9.17) is 9.47 Å². The van der Waals surface area contributed by atoms with Gasteiger partial charge in [-0.05, 0) is 85.0 Å². The van der Waals surface area contributed by atoms with Crippen LogP contribution in [-0.2, 0) is 0 Å². The number of rotatable bonds is 6. The van der Waals surface area contributed by atoms with Gasteiger partial charge in [0.25, 0.3) is 0 Å². The summed E-state index contributed by atoms with van der Waals surface area (Å²) in [5, 5.41) is 1.27. The van der Waals surface area contributed by atoms with Crippen molar-refractivity contribution in [1.29, 1.82) is 0 Å². The first-order valence-electron chi connectivity index (χ1n) is 9.63. The van der Waals surface area contributed by atoms with Gasteiger partial charge in [0, 0.05) is 18.0 Å². The SMILES string of the molecule is C[C@@H]1Sc2ncccc2O[C@H]1c1ccc(OCCCN2CCCC2)c(Br)c1. The molecule has 4 nitrogen and oxygen atoms in total. The number of benzene rings is 1. The molecule has 1 aromatic carbocycles. The minimum Gasteiger partial charge on any atom is -0.492 e. The van der Waals surface area contributed by atoms with E-state index in [1.54, 1.807) is 11.8 Å². The van der Waals surface area contributed by atoms with Crippen molar-refractivity contribution in [3.8, 4) is 11.5 Å². The van der Waals surface area contributed by atoms with Crippen LogP contribution in [0, 0.1) is 0 Å². The lowest BCUT2D eigenvalue weighted by molar-refractivity contribution is 0.193. The van der Waals surface area contributed by atoms with Crippen LogP contribution in [0.2, 0.25) is 0 Å². The lowest BCUT2D eigenvalue weighted by Crippen LogP contribution is -2.23. The Balaban J connectivity index is 1.36. The first-order valence-corrected chi connectivity index (χ1v) is 11.3. The number of nitrogens with zero attached hydrogens (tertiary/aromatic N) is 2. The maximum Gasteiger partial charge on any atom is 0.152 e. The summed E-state index contributed by atoms with van der Waals surface area (Å²) in [7, 11) is 0. The predicted molar refractivity (Wildman–Crippen MR) is 113 cm³/mol. The number of fused-ring (bicyclic) bond motifs is 1. The van der Waals surface area contributed by atoms with Crippen LogP contribution in [0.15, 0.2) is 46.0 Å². The second kappa shape index (κ2) is 8.84. The molecule has 27 heavy (non-hydrogen) atoms. The third-order valence-electron chi connectivity index (χ3n) is 5.07. The molecule has 6 heteroatoms. The fourth-order valence-electron chi connectivity index (χ4n) is 3.65. The number of hydrogen-bond acceptors (Lipinski definition) is 5. The molecular weight excluding hydrogens is 424 g/mol. The summed E-state index contributed by atoms with van der Waals surface area (Å²) in [6.45, 7) is 6.56. The Bertz CT molecular complexity index is 783. The summed E-state index contributed by atoms with van der Waals surface area (Å²) in [4.78, 5) is 6.93. The lowest BCUT2D eigenvalue weighted by atomic mass is 10.1. The molecule has 2 aliphatic heterocycles. The summed E-state index contributed by atoms with van der Waals surface area (Å²) in [5.74, 6) is 1.77. The van der Waals surface area contributed by atoms with Gasteiger partial charge in [-0.3, -0.25) is 0 Å². The molecule has 0 saturated carbocycles. The molecular formula is C21H25BrN2O2S. The standard InChI is InChI=1S/C21H25BrN2O2S/c1-15-20(26-19-6-4-9-23-21(19)27-15)16-7-8-18(17(22)14-16)25-13-5-12-24-10-2-3-11-24/h4,6-9,14-15,20H,2-3,5,10-13H2,1H3/t15-,20+/m0/s1. The predicted octanol–water partition coefficient (Wildman–Crippen LogP) is 5.32. The zero-order chi connectivity index (χ0) is 18.6. The van der Waals surface area contributed by atoms with Crippen molar-refractivity contribution in [1.82, 2.24) is 9.88 Å². The molecule has 0 N–H and O–H groups in total. The summed E-state index contributed by atoms with van der Waals surface area (Å²) < 4.78 is 13.2. The number of thioether (sulfide) groups is 1. The van der Waals surface area contributed by atoms with Gasteiger partial charge in [0.15, 0.2) is 5.75 Å². The maximum atomic E-state index is 6.23. The van der Waals surface area contributed by atoms with E-state index >= 15 is 0 Å². The Labute approximate surface area is 173 Å². The molecule has 1 saturated heterocycles. The van der Waals surface area contributed by atoms with Crippen LogP contribution in [0.1, 0.15) is 37.9 Å². The average Bonchev–Trinajstić information content (AvgIpc) is 3.19. The Hall–Kier alpha value is -1.24. The van der Waals surface area contributed by atoms with E-state index < -0.39 is 0 Å². The molecule has 2 aliphatic rings. The molecule has 0 radical (unpaired) electrons. The van der Waals surface area contributed by atoms with Crippen molar-refractivity contribution < 1.29 is 9.47 Å². The summed E-state index contributed by atoms with van der Waals surface area (Å²) in [5.41, 5.74) is 1.15. The van der Waals surface area contributed by atoms with Crippen molar-refractivity contribution in [2.24, 2.45) is 0 Å². The number of pyridine rings is 1. The zero-order valence-electron chi connectivity index (χ0n) is 15.6. The van der Waals surface area contributed by atoms with Gasteiger partial charge in [-0.25, -0.2) is 4.98 Å². The van der Waals surface area contributed by atoms with Crippen molar-refractivity contribution in [2.75, 3.05) is 26.2 Å². The zero-order valence-corrected chi connectivity index (χ0v) is 18.0. The Kier molecular flexibility index (Phi) is 6.25. The molecule has 0 spiro atoms. The van der Waals surface area contributed by atoms with Gasteiger partial charge >= 0.3 is 0 Å². The van der Waals surface area contributed by atoms with Gasteiger partial charge in [-0.1, -0.05) is 17.8 Å². The van der Waals surface area contributed by atoms with Gasteiger partial charge < -0.3 is 14.4 Å². The molecule has 144 valence electrons. The largest absolute Gasteiger partial charge is 0.492 e. The van der Waals surface area contributed by atoms with Crippen LogP contribution in [0.4, 0.5) is 0 Å². The fraction of sp³-hybridized carbons (Fsp3) is 0.476. The van der Waals surface area contributed by atoms with Crippen molar-refractivity contribution in [3.63, 3.8) is 0 Å². The Morgan fingerprint density at radius 3 is 2.96 bits per heavy atom. The highest BCUT2D eigenvalue weighted by molar-refractivity contribution is 9.10. The van der Waals surface area contributed by atoms with Crippen LogP contribution in [0.3, 0.4) is 0 Å². The quantitative estimate of drug-likeness (QED) is 0.558. The van der Waals surface area contributed by atoms with Crippen LogP contribution in [-0.4, -0.2) is 41.4 Å². The lowest BCUT2D eigenvalue weighted by Gasteiger charge is -2.30. The average molecular weight is 449 g/mol. The van der Waals surface area contributed by atoms with Crippen molar-refractivity contribution in [3.05, 3.63) is 46.6 Å². The minimum atomic E-state index is 0.00668. The van der Waals surface area contributed by atoms with Gasteiger partial charge in [0.05, 0.1) is 11.1 Å². The molecule has 1 aromatic heterocycles. The second-order valence-corrected chi connectivity index (χ2v) is 9.33. The summed E-state index contributed by atoms with van der Waals surface area (Å²) in [6.07, 6.45) is 5.57. The van der Waals surface area contributed by atoms with Crippen LogP contribution in [0.25, 0.3) is 0 Å². The topological polar surface area (TPSA) is 34.6 Å². The van der Waals surface area contributed by atoms with Crippen molar-refractivity contribution in [2.45, 2.75) is 42.6 Å². The minimum absolute atomic E-state index is 0.00668. The highest BCUT2D eigenvalue weighted by Gasteiger charge is 2.30. The normalized spacial score (nSPS) is 22.3. The molecule has 0 bridgehead atoms. The van der Waals surface area contributed by atoms with E-state index in [1.807, 2.05) is 18.3 Å². The van der Waals surface area contributed by atoms with Crippen molar-refractivity contribution >= 4 is 27.7 Å². The number of ether oxygens (including phenoxy) is 2. The van der Waals surface area contributed by atoms with Gasteiger partial charge in [0.2, 0.25) is 0 Å². The van der Waals surface area contributed by atoms with Crippen LogP contribution < -0.4 is 9.47 Å². The summed E-state index contributed by atoms with van der Waals surface area (Å²) in [6, 6.07) is 10.2. The second-order valence-electron chi connectivity index (χ2n) is 7.11. The van der Waals surface area contributed by atoms with E-state index in [-0.39, 0.29) is 6.10 Å². The molecule has 0 unspecified atom stereocenters.